The Labute approximate surface area is 204 Å². The van der Waals surface area contributed by atoms with E-state index in [1.807, 2.05) is 53.8 Å². The molecule has 35 heavy (non-hydrogen) atoms. The Morgan fingerprint density at radius 3 is 2.57 bits per heavy atom. The number of aryl methyl sites for hydroxylation is 1. The van der Waals surface area contributed by atoms with Gasteiger partial charge in [-0.1, -0.05) is 59.8 Å². The summed E-state index contributed by atoms with van der Waals surface area (Å²) in [5, 5.41) is 20.2. The van der Waals surface area contributed by atoms with Crippen molar-refractivity contribution < 1.29 is 14.2 Å². The third-order valence-corrected chi connectivity index (χ3v) is 6.69. The molecule has 178 valence electrons. The molecule has 0 bridgehead atoms. The molecule has 1 N–H and O–H groups in total. The van der Waals surface area contributed by atoms with E-state index in [0.717, 1.165) is 5.56 Å². The van der Waals surface area contributed by atoms with Crippen molar-refractivity contribution in [2.24, 2.45) is 0 Å². The van der Waals surface area contributed by atoms with Crippen LogP contribution >= 0.6 is 11.8 Å². The average molecular weight is 491 g/mol. The zero-order valence-corrected chi connectivity index (χ0v) is 19.8. The quantitative estimate of drug-likeness (QED) is 0.329. The van der Waals surface area contributed by atoms with Crippen molar-refractivity contribution in [3.63, 3.8) is 0 Å². The molecule has 0 aliphatic rings. The highest BCUT2D eigenvalue weighted by atomic mass is 32.2. The predicted octanol–water partition coefficient (Wildman–Crippen LogP) is 4.15. The average Bonchev–Trinajstić information content (AvgIpc) is 3.29. The van der Waals surface area contributed by atoms with E-state index in [9.17, 15) is 14.3 Å². The molecule has 5 aromatic rings. The first-order valence-corrected chi connectivity index (χ1v) is 12.1. The molecule has 5 rings (SSSR count). The molecule has 0 aliphatic heterocycles. The van der Waals surface area contributed by atoms with E-state index in [-0.39, 0.29) is 30.3 Å². The fourth-order valence-corrected chi connectivity index (χ4v) is 4.68. The molecule has 0 spiro atoms. The summed E-state index contributed by atoms with van der Waals surface area (Å²) >= 11 is 1.31. The van der Waals surface area contributed by atoms with Crippen molar-refractivity contribution >= 4 is 28.4 Å². The van der Waals surface area contributed by atoms with Gasteiger partial charge in [-0.25, -0.2) is 8.96 Å². The molecular formula is C26H23FN4O3S. The lowest BCUT2D eigenvalue weighted by Gasteiger charge is -2.13. The van der Waals surface area contributed by atoms with Gasteiger partial charge in [0.25, 0.3) is 5.56 Å². The van der Waals surface area contributed by atoms with Gasteiger partial charge in [0.15, 0.2) is 5.16 Å². The van der Waals surface area contributed by atoms with E-state index in [1.54, 1.807) is 28.8 Å². The zero-order chi connectivity index (χ0) is 24.4. The normalized spacial score (nSPS) is 12.4. The van der Waals surface area contributed by atoms with Crippen LogP contribution < -0.4 is 5.56 Å². The lowest BCUT2D eigenvalue weighted by molar-refractivity contribution is 0.0386. The number of nitrogens with zero attached hydrogens (tertiary/aromatic N) is 4. The van der Waals surface area contributed by atoms with Gasteiger partial charge in [-0.15, -0.1) is 10.2 Å². The predicted molar refractivity (Wildman–Crippen MR) is 134 cm³/mol. The monoisotopic (exact) mass is 490 g/mol. The Kier molecular flexibility index (Phi) is 6.63. The summed E-state index contributed by atoms with van der Waals surface area (Å²) in [7, 11) is 0. The molecule has 1 atom stereocenters. The van der Waals surface area contributed by atoms with Crippen LogP contribution in [0.5, 0.6) is 0 Å². The number of aliphatic hydroxyl groups excluding tert-OH is 1. The number of thioether (sulfide) groups is 1. The number of aliphatic hydroxyl groups is 1. The number of rotatable bonds is 8. The van der Waals surface area contributed by atoms with Gasteiger partial charge in [-0.05, 0) is 37.3 Å². The Hall–Kier alpha value is -3.53. The third-order valence-electron chi connectivity index (χ3n) is 5.62. The molecule has 7 nitrogen and oxygen atoms in total. The zero-order valence-electron chi connectivity index (χ0n) is 19.0. The summed E-state index contributed by atoms with van der Waals surface area (Å²) in [6.45, 7) is 2.11. The molecule has 2 heterocycles. The maximum Gasteiger partial charge on any atom is 0.267 e. The maximum atomic E-state index is 13.7. The van der Waals surface area contributed by atoms with Crippen molar-refractivity contribution in [3.8, 4) is 5.69 Å². The van der Waals surface area contributed by atoms with Gasteiger partial charge in [0.2, 0.25) is 5.78 Å². The van der Waals surface area contributed by atoms with Crippen LogP contribution in [0, 0.1) is 12.7 Å². The standard InChI is InChI=1S/C26H23FN4O3S/c1-17-10-12-19(13-11-17)30-24(33)21-7-3-5-9-23(21)31-25(30)28-29-26(31)35-16-20(32)15-34-14-18-6-2-4-8-22(18)27/h2-13,20,32H,14-16H2,1H3. The van der Waals surface area contributed by atoms with Crippen molar-refractivity contribution in [2.75, 3.05) is 12.4 Å². The highest BCUT2D eigenvalue weighted by Gasteiger charge is 2.19. The summed E-state index contributed by atoms with van der Waals surface area (Å²) in [5.74, 6) is 0.346. The number of benzene rings is 3. The van der Waals surface area contributed by atoms with E-state index in [1.165, 1.54) is 17.8 Å². The second-order valence-electron chi connectivity index (χ2n) is 8.18. The highest BCUT2D eigenvalue weighted by molar-refractivity contribution is 7.99. The summed E-state index contributed by atoms with van der Waals surface area (Å²) in [5.41, 5.74) is 2.73. The van der Waals surface area contributed by atoms with E-state index >= 15 is 0 Å². The number of ether oxygens (including phenoxy) is 1. The van der Waals surface area contributed by atoms with Crippen molar-refractivity contribution in [3.05, 3.63) is 100 Å². The number of aromatic nitrogens is 4. The minimum Gasteiger partial charge on any atom is -0.390 e. The molecule has 0 amide bonds. The molecule has 0 saturated carbocycles. The first-order chi connectivity index (χ1) is 17.0. The van der Waals surface area contributed by atoms with Gasteiger partial charge in [-0.3, -0.25) is 9.20 Å². The number of hydrogen-bond donors (Lipinski definition) is 1. The Morgan fingerprint density at radius 2 is 1.77 bits per heavy atom. The first-order valence-electron chi connectivity index (χ1n) is 11.1. The summed E-state index contributed by atoms with van der Waals surface area (Å²) in [6, 6.07) is 21.3. The highest BCUT2D eigenvalue weighted by Crippen LogP contribution is 2.24. The van der Waals surface area contributed by atoms with Crippen LogP contribution in [0.2, 0.25) is 0 Å². The molecular weight excluding hydrogens is 467 g/mol. The molecule has 2 aromatic heterocycles. The largest absolute Gasteiger partial charge is 0.390 e. The van der Waals surface area contributed by atoms with Crippen molar-refractivity contribution in [1.29, 1.82) is 0 Å². The third kappa shape index (κ3) is 4.70. The molecule has 0 aliphatic carbocycles. The summed E-state index contributed by atoms with van der Waals surface area (Å²) in [4.78, 5) is 13.4. The van der Waals surface area contributed by atoms with Gasteiger partial charge in [0.05, 0.1) is 35.9 Å². The van der Waals surface area contributed by atoms with Crippen LogP contribution in [0.25, 0.3) is 22.4 Å². The topological polar surface area (TPSA) is 81.7 Å². The maximum absolute atomic E-state index is 13.7. The van der Waals surface area contributed by atoms with Crippen molar-refractivity contribution in [2.45, 2.75) is 24.8 Å². The van der Waals surface area contributed by atoms with Crippen LogP contribution in [-0.2, 0) is 11.3 Å². The minimum atomic E-state index is -0.798. The van der Waals surface area contributed by atoms with E-state index in [2.05, 4.69) is 10.2 Å². The van der Waals surface area contributed by atoms with Gasteiger partial charge in [0.1, 0.15) is 5.82 Å². The molecule has 9 heteroatoms. The van der Waals surface area contributed by atoms with Crippen LogP contribution in [0.4, 0.5) is 4.39 Å². The fourth-order valence-electron chi connectivity index (χ4n) is 3.84. The first kappa shape index (κ1) is 23.2. The SMILES string of the molecule is Cc1ccc(-n2c(=O)c3ccccc3n3c(SCC(O)COCc4ccccc4F)nnc23)cc1. The fraction of sp³-hybridized carbons (Fsp3) is 0.192. The second-order valence-corrected chi connectivity index (χ2v) is 9.17. The van der Waals surface area contributed by atoms with Gasteiger partial charge >= 0.3 is 0 Å². The van der Waals surface area contributed by atoms with E-state index in [4.69, 9.17) is 4.74 Å². The molecule has 0 saturated heterocycles. The lowest BCUT2D eigenvalue weighted by Crippen LogP contribution is -2.22. The molecule has 1 unspecified atom stereocenters. The van der Waals surface area contributed by atoms with E-state index < -0.39 is 6.10 Å². The molecule has 0 fully saturated rings. The van der Waals surface area contributed by atoms with Crippen molar-refractivity contribution in [1.82, 2.24) is 19.2 Å². The molecule has 0 radical (unpaired) electrons. The Morgan fingerprint density at radius 1 is 1.03 bits per heavy atom. The van der Waals surface area contributed by atoms with Crippen LogP contribution in [0.3, 0.4) is 0 Å². The number of halogens is 1. The van der Waals surface area contributed by atoms with Crippen LogP contribution in [-0.4, -0.2) is 42.7 Å². The Bertz CT molecular complexity index is 1550. The number of para-hydroxylation sites is 1. The summed E-state index contributed by atoms with van der Waals surface area (Å²) in [6.07, 6.45) is -0.798. The van der Waals surface area contributed by atoms with Crippen LogP contribution in [0.15, 0.2) is 82.7 Å². The number of fused-ring (bicyclic) bond motifs is 3. The van der Waals surface area contributed by atoms with Gasteiger partial charge < -0.3 is 9.84 Å². The lowest BCUT2D eigenvalue weighted by atomic mass is 10.2. The smallest absolute Gasteiger partial charge is 0.267 e. The van der Waals surface area contributed by atoms with Gasteiger partial charge in [0, 0.05) is 11.3 Å². The molecule has 3 aromatic carbocycles. The van der Waals surface area contributed by atoms with Gasteiger partial charge in [-0.2, -0.15) is 0 Å². The summed E-state index contributed by atoms with van der Waals surface area (Å²) < 4.78 is 22.6. The van der Waals surface area contributed by atoms with E-state index in [0.29, 0.717) is 33.1 Å². The number of hydrogen-bond acceptors (Lipinski definition) is 6. The van der Waals surface area contributed by atoms with Crippen LogP contribution in [0.1, 0.15) is 11.1 Å². The second kappa shape index (κ2) is 9.99. The minimum absolute atomic E-state index is 0.0485. The Balaban J connectivity index is 1.41.